The van der Waals surface area contributed by atoms with Crippen LogP contribution in [-0.2, 0) is 6.54 Å². The average Bonchev–Trinajstić information content (AvgIpc) is 3.00. The van der Waals surface area contributed by atoms with Crippen molar-refractivity contribution in [2.75, 3.05) is 31.5 Å². The van der Waals surface area contributed by atoms with Crippen LogP contribution in [0.2, 0.25) is 0 Å². The van der Waals surface area contributed by atoms with Gasteiger partial charge in [-0.05, 0) is 79.9 Å². The van der Waals surface area contributed by atoms with E-state index in [1.165, 1.54) is 36.7 Å². The number of carboxylic acid groups (broad SMARTS) is 1. The van der Waals surface area contributed by atoms with Gasteiger partial charge in [0, 0.05) is 44.1 Å². The Balaban J connectivity index is 1.05. The highest BCUT2D eigenvalue weighted by atomic mass is 16.6. The normalized spacial score (nSPS) is 16.5. The van der Waals surface area contributed by atoms with Crippen LogP contribution in [-0.4, -0.2) is 70.1 Å². The first-order chi connectivity index (χ1) is 20.3. The molecule has 3 heterocycles. The van der Waals surface area contributed by atoms with E-state index in [1.807, 2.05) is 24.3 Å². The summed E-state index contributed by atoms with van der Waals surface area (Å²) in [5, 5.41) is 11.9. The first kappa shape index (κ1) is 29.1. The zero-order valence-electron chi connectivity index (χ0n) is 23.7. The van der Waals surface area contributed by atoms with Gasteiger partial charge in [0.1, 0.15) is 11.9 Å². The van der Waals surface area contributed by atoms with Crippen molar-refractivity contribution in [3.8, 4) is 11.6 Å². The smallest absolute Gasteiger partial charge is 0.416 e. The van der Waals surface area contributed by atoms with Gasteiger partial charge in [-0.15, -0.1) is 0 Å². The van der Waals surface area contributed by atoms with Gasteiger partial charge >= 0.3 is 12.1 Å². The number of pyridine rings is 1. The average molecular weight is 573 g/mol. The van der Waals surface area contributed by atoms with Crippen molar-refractivity contribution in [3.63, 3.8) is 0 Å². The molecule has 2 amide bonds. The largest absolute Gasteiger partial charge is 0.490 e. The summed E-state index contributed by atoms with van der Waals surface area (Å²) in [4.78, 5) is 44.6. The maximum absolute atomic E-state index is 12.7. The molecule has 2 N–H and O–H groups in total. The Morgan fingerprint density at radius 3 is 2.17 bits per heavy atom. The Morgan fingerprint density at radius 2 is 1.55 bits per heavy atom. The quantitative estimate of drug-likeness (QED) is 0.373. The SMILES string of the molecule is CC1CCN(Cc2ccc(C(=O)Nc3ccc(OC(=O)N4CCC(Oc5ccc(C(=O)O)cc5)CC4)nc3)cc2)CC1. The van der Waals surface area contributed by atoms with Crippen molar-refractivity contribution < 1.29 is 29.0 Å². The number of carbonyl (C=O) groups is 3. The Kier molecular flexibility index (Phi) is 9.33. The van der Waals surface area contributed by atoms with E-state index in [4.69, 9.17) is 14.6 Å². The maximum atomic E-state index is 12.7. The number of aromatic nitrogens is 1. The summed E-state index contributed by atoms with van der Waals surface area (Å²) in [6.07, 6.45) is 4.58. The number of rotatable bonds is 8. The second-order valence-electron chi connectivity index (χ2n) is 11.0. The van der Waals surface area contributed by atoms with E-state index in [9.17, 15) is 14.4 Å². The van der Waals surface area contributed by atoms with Crippen molar-refractivity contribution in [1.82, 2.24) is 14.8 Å². The summed E-state index contributed by atoms with van der Waals surface area (Å²) in [6, 6.07) is 17.1. The van der Waals surface area contributed by atoms with Gasteiger partial charge in [-0.2, -0.15) is 0 Å². The number of nitrogens with zero attached hydrogens (tertiary/aromatic N) is 3. The number of amides is 2. The van der Waals surface area contributed by atoms with Gasteiger partial charge in [-0.1, -0.05) is 19.1 Å². The van der Waals surface area contributed by atoms with E-state index < -0.39 is 12.1 Å². The third-order valence-electron chi connectivity index (χ3n) is 7.79. The maximum Gasteiger partial charge on any atom is 0.416 e. The Bertz CT molecular complexity index is 1360. The lowest BCUT2D eigenvalue weighted by Crippen LogP contribution is -2.43. The summed E-state index contributed by atoms with van der Waals surface area (Å²) in [6.45, 7) is 6.35. The van der Waals surface area contributed by atoms with Crippen LogP contribution in [0.4, 0.5) is 10.5 Å². The van der Waals surface area contributed by atoms with E-state index >= 15 is 0 Å². The number of nitrogens with one attached hydrogen (secondary N) is 1. The number of benzene rings is 2. The number of anilines is 1. The molecule has 2 fully saturated rings. The van der Waals surface area contributed by atoms with Crippen LogP contribution in [0.1, 0.15) is 58.9 Å². The van der Waals surface area contributed by atoms with Crippen LogP contribution in [0.25, 0.3) is 0 Å². The fraction of sp³-hybridized carbons (Fsp3) is 0.375. The van der Waals surface area contributed by atoms with E-state index in [1.54, 1.807) is 29.2 Å². The van der Waals surface area contributed by atoms with E-state index in [-0.39, 0.29) is 23.5 Å². The number of carboxylic acids is 1. The predicted octanol–water partition coefficient (Wildman–Crippen LogP) is 5.31. The van der Waals surface area contributed by atoms with Crippen molar-refractivity contribution in [3.05, 3.63) is 83.6 Å². The van der Waals surface area contributed by atoms with Crippen LogP contribution in [0, 0.1) is 5.92 Å². The zero-order chi connectivity index (χ0) is 29.5. The third-order valence-corrected chi connectivity index (χ3v) is 7.79. The van der Waals surface area contributed by atoms with Crippen molar-refractivity contribution in [2.45, 2.75) is 45.3 Å². The molecular weight excluding hydrogens is 536 g/mol. The number of hydrogen-bond donors (Lipinski definition) is 2. The van der Waals surface area contributed by atoms with Crippen molar-refractivity contribution in [2.24, 2.45) is 5.92 Å². The van der Waals surface area contributed by atoms with Gasteiger partial charge in [0.2, 0.25) is 5.88 Å². The van der Waals surface area contributed by atoms with Gasteiger partial charge in [0.25, 0.3) is 5.91 Å². The molecule has 0 bridgehead atoms. The summed E-state index contributed by atoms with van der Waals surface area (Å²) in [5.74, 6) is 0.319. The molecule has 2 aromatic carbocycles. The summed E-state index contributed by atoms with van der Waals surface area (Å²) in [7, 11) is 0. The molecule has 0 aliphatic carbocycles. The van der Waals surface area contributed by atoms with Gasteiger partial charge in [0.05, 0.1) is 17.4 Å². The van der Waals surface area contributed by atoms with Crippen molar-refractivity contribution >= 4 is 23.7 Å². The minimum absolute atomic E-state index is 0.0828. The molecule has 0 spiro atoms. The number of carbonyl (C=O) groups excluding carboxylic acids is 2. The third kappa shape index (κ3) is 7.85. The predicted molar refractivity (Wildman–Crippen MR) is 157 cm³/mol. The second kappa shape index (κ2) is 13.5. The Labute approximate surface area is 245 Å². The van der Waals surface area contributed by atoms with E-state index in [0.29, 0.717) is 42.9 Å². The number of ether oxygens (including phenoxy) is 2. The molecule has 10 heteroatoms. The molecule has 0 atom stereocenters. The fourth-order valence-corrected chi connectivity index (χ4v) is 5.14. The molecule has 0 saturated carbocycles. The molecule has 2 aliphatic heterocycles. The highest BCUT2D eigenvalue weighted by Crippen LogP contribution is 2.22. The molecule has 5 rings (SSSR count). The standard InChI is InChI=1S/C32H36N4O6/c1-22-12-16-35(17-13-22)21-23-2-4-24(5-3-23)30(37)34-26-8-11-29(33-20-26)42-32(40)36-18-14-28(15-19-36)41-27-9-6-25(7-10-27)31(38)39/h2-11,20,22,28H,12-19,21H2,1H3,(H,34,37)(H,38,39). The lowest BCUT2D eigenvalue weighted by molar-refractivity contribution is 0.0696. The van der Waals surface area contributed by atoms with Crippen LogP contribution in [0.5, 0.6) is 11.6 Å². The number of aromatic carboxylic acids is 1. The van der Waals surface area contributed by atoms with Gasteiger partial charge in [-0.25, -0.2) is 14.6 Å². The molecule has 2 aliphatic rings. The lowest BCUT2D eigenvalue weighted by atomic mass is 9.99. The first-order valence-corrected chi connectivity index (χ1v) is 14.4. The highest BCUT2D eigenvalue weighted by molar-refractivity contribution is 6.04. The minimum atomic E-state index is -0.985. The highest BCUT2D eigenvalue weighted by Gasteiger charge is 2.25. The van der Waals surface area contributed by atoms with Gasteiger partial charge < -0.3 is 24.8 Å². The molecular formula is C32H36N4O6. The second-order valence-corrected chi connectivity index (χ2v) is 11.0. The topological polar surface area (TPSA) is 121 Å². The van der Waals surface area contributed by atoms with E-state index in [2.05, 4.69) is 22.1 Å². The number of piperidine rings is 2. The molecule has 42 heavy (non-hydrogen) atoms. The molecule has 10 nitrogen and oxygen atoms in total. The van der Waals surface area contributed by atoms with Gasteiger partial charge in [0.15, 0.2) is 0 Å². The molecule has 220 valence electrons. The summed E-state index contributed by atoms with van der Waals surface area (Å²) >= 11 is 0. The monoisotopic (exact) mass is 572 g/mol. The van der Waals surface area contributed by atoms with E-state index in [0.717, 1.165) is 25.6 Å². The molecule has 3 aromatic rings. The number of likely N-dealkylation sites (tertiary alicyclic amines) is 2. The molecule has 0 unspecified atom stereocenters. The van der Waals surface area contributed by atoms with Gasteiger partial charge in [-0.3, -0.25) is 9.69 Å². The minimum Gasteiger partial charge on any atom is -0.490 e. The summed E-state index contributed by atoms with van der Waals surface area (Å²) in [5.41, 5.74) is 2.46. The molecule has 0 radical (unpaired) electrons. The number of hydrogen-bond acceptors (Lipinski definition) is 7. The van der Waals surface area contributed by atoms with Crippen molar-refractivity contribution in [1.29, 1.82) is 0 Å². The lowest BCUT2D eigenvalue weighted by Gasteiger charge is -2.31. The molecule has 1 aromatic heterocycles. The fourth-order valence-electron chi connectivity index (χ4n) is 5.14. The van der Waals surface area contributed by atoms with Crippen LogP contribution in [0.15, 0.2) is 66.9 Å². The summed E-state index contributed by atoms with van der Waals surface area (Å²) < 4.78 is 11.4. The van der Waals surface area contributed by atoms with Crippen LogP contribution in [0.3, 0.4) is 0 Å². The Hall–Kier alpha value is -4.44. The van der Waals surface area contributed by atoms with Crippen LogP contribution >= 0.6 is 0 Å². The molecule has 2 saturated heterocycles. The first-order valence-electron chi connectivity index (χ1n) is 14.4. The van der Waals surface area contributed by atoms with Crippen LogP contribution < -0.4 is 14.8 Å². The zero-order valence-corrected chi connectivity index (χ0v) is 23.7. The Morgan fingerprint density at radius 1 is 0.881 bits per heavy atom.